The highest BCUT2D eigenvalue weighted by atomic mass is 79.9. The van der Waals surface area contributed by atoms with Crippen LogP contribution in [0.25, 0.3) is 0 Å². The minimum Gasteiger partial charge on any atom is -0.380 e. The van der Waals surface area contributed by atoms with E-state index in [4.69, 9.17) is 0 Å². The summed E-state index contributed by atoms with van der Waals surface area (Å²) in [6.45, 7) is 3.23. The van der Waals surface area contributed by atoms with E-state index in [0.29, 0.717) is 17.6 Å². The zero-order valence-corrected chi connectivity index (χ0v) is 12.8. The zero-order chi connectivity index (χ0) is 14.5. The Kier molecular flexibility index (Phi) is 4.95. The van der Waals surface area contributed by atoms with Gasteiger partial charge in [-0.05, 0) is 46.1 Å². The first kappa shape index (κ1) is 14.8. The molecule has 0 unspecified atom stereocenters. The van der Waals surface area contributed by atoms with Crippen molar-refractivity contribution in [3.8, 4) is 0 Å². The smallest absolute Gasteiger partial charge is 0.250 e. The molecule has 1 heterocycles. The van der Waals surface area contributed by atoms with Gasteiger partial charge in [0.05, 0.1) is 10.2 Å². The molecule has 0 radical (unpaired) electrons. The highest BCUT2D eigenvalue weighted by molar-refractivity contribution is 9.10. The van der Waals surface area contributed by atoms with Crippen molar-refractivity contribution in [2.45, 2.75) is 26.4 Å². The van der Waals surface area contributed by atoms with Gasteiger partial charge in [0.2, 0.25) is 0 Å². The summed E-state index contributed by atoms with van der Waals surface area (Å²) in [6, 6.07) is 8.30. The summed E-state index contributed by atoms with van der Waals surface area (Å²) in [5.41, 5.74) is 1.69. The van der Waals surface area contributed by atoms with Gasteiger partial charge in [0.1, 0.15) is 5.82 Å². The van der Waals surface area contributed by atoms with Gasteiger partial charge in [-0.2, -0.15) is 0 Å². The van der Waals surface area contributed by atoms with Crippen LogP contribution in [0.4, 0.5) is 10.1 Å². The molecule has 0 aliphatic carbocycles. The predicted molar refractivity (Wildman–Crippen MR) is 82.4 cm³/mol. The number of benzene rings is 1. The standard InChI is InChI=1S/C15H16BrFN2O/c1-2-7-19-10-12(4-6-15(19)20)18-9-11-3-5-13(16)14(17)8-11/h3-6,8,10,18H,2,7,9H2,1H3. The van der Waals surface area contributed by atoms with E-state index in [1.54, 1.807) is 29.0 Å². The van der Waals surface area contributed by atoms with Gasteiger partial charge in [0.15, 0.2) is 0 Å². The summed E-state index contributed by atoms with van der Waals surface area (Å²) in [5.74, 6) is -0.278. The van der Waals surface area contributed by atoms with E-state index in [0.717, 1.165) is 17.7 Å². The van der Waals surface area contributed by atoms with Gasteiger partial charge in [0.25, 0.3) is 5.56 Å². The first-order chi connectivity index (χ1) is 9.60. The van der Waals surface area contributed by atoms with E-state index >= 15 is 0 Å². The summed E-state index contributed by atoms with van der Waals surface area (Å²) >= 11 is 3.13. The maximum Gasteiger partial charge on any atom is 0.250 e. The number of rotatable bonds is 5. The third-order valence-corrected chi connectivity index (χ3v) is 3.57. The summed E-state index contributed by atoms with van der Waals surface area (Å²) < 4.78 is 15.5. The van der Waals surface area contributed by atoms with Crippen LogP contribution in [0, 0.1) is 5.82 Å². The minimum absolute atomic E-state index is 0.00733. The molecule has 0 atom stereocenters. The van der Waals surface area contributed by atoms with Crippen LogP contribution in [-0.2, 0) is 13.1 Å². The first-order valence-corrected chi connectivity index (χ1v) is 7.27. The quantitative estimate of drug-likeness (QED) is 0.900. The molecule has 106 valence electrons. The lowest BCUT2D eigenvalue weighted by molar-refractivity contribution is 0.619. The molecule has 1 N–H and O–H groups in total. The largest absolute Gasteiger partial charge is 0.380 e. The zero-order valence-electron chi connectivity index (χ0n) is 11.2. The second-order valence-electron chi connectivity index (χ2n) is 4.55. The Balaban J connectivity index is 2.08. The van der Waals surface area contributed by atoms with Crippen molar-refractivity contribution in [3.63, 3.8) is 0 Å². The van der Waals surface area contributed by atoms with Crippen LogP contribution in [0.1, 0.15) is 18.9 Å². The molecule has 2 aromatic rings. The van der Waals surface area contributed by atoms with Crippen LogP contribution in [0.15, 0.2) is 45.8 Å². The van der Waals surface area contributed by atoms with E-state index in [9.17, 15) is 9.18 Å². The van der Waals surface area contributed by atoms with Gasteiger partial charge < -0.3 is 9.88 Å². The van der Waals surface area contributed by atoms with Crippen LogP contribution in [0.5, 0.6) is 0 Å². The second-order valence-corrected chi connectivity index (χ2v) is 5.41. The maximum atomic E-state index is 13.4. The lowest BCUT2D eigenvalue weighted by Crippen LogP contribution is -2.18. The van der Waals surface area contributed by atoms with Crippen LogP contribution in [0.3, 0.4) is 0 Å². The number of hydrogen-bond donors (Lipinski definition) is 1. The Hall–Kier alpha value is -1.62. The van der Waals surface area contributed by atoms with Crippen molar-refractivity contribution in [3.05, 3.63) is 62.7 Å². The summed E-state index contributed by atoms with van der Waals surface area (Å²) in [6.07, 6.45) is 2.70. The van der Waals surface area contributed by atoms with E-state index in [-0.39, 0.29) is 11.4 Å². The number of nitrogens with zero attached hydrogens (tertiary/aromatic N) is 1. The molecule has 0 saturated heterocycles. The molecule has 1 aromatic carbocycles. The highest BCUT2D eigenvalue weighted by Gasteiger charge is 2.02. The van der Waals surface area contributed by atoms with Gasteiger partial charge in [-0.15, -0.1) is 0 Å². The molecule has 3 nitrogen and oxygen atoms in total. The summed E-state index contributed by atoms with van der Waals surface area (Å²) in [4.78, 5) is 11.6. The van der Waals surface area contributed by atoms with Crippen molar-refractivity contribution in [2.75, 3.05) is 5.32 Å². The van der Waals surface area contributed by atoms with Crippen LogP contribution < -0.4 is 10.9 Å². The van der Waals surface area contributed by atoms with Crippen LogP contribution >= 0.6 is 15.9 Å². The Bertz CT molecular complexity index is 655. The van der Waals surface area contributed by atoms with Crippen molar-refractivity contribution in [1.29, 1.82) is 0 Å². The molecule has 0 aliphatic rings. The van der Waals surface area contributed by atoms with Crippen LogP contribution in [0.2, 0.25) is 0 Å². The average molecular weight is 339 g/mol. The van der Waals surface area contributed by atoms with Crippen molar-refractivity contribution < 1.29 is 4.39 Å². The Morgan fingerprint density at radius 3 is 2.80 bits per heavy atom. The van der Waals surface area contributed by atoms with Gasteiger partial charge in [0, 0.05) is 25.4 Å². The molecule has 0 amide bonds. The fraction of sp³-hybridized carbons (Fsp3) is 0.267. The van der Waals surface area contributed by atoms with Gasteiger partial charge in [-0.1, -0.05) is 13.0 Å². The normalized spacial score (nSPS) is 10.6. The Morgan fingerprint density at radius 2 is 2.10 bits per heavy atom. The second kappa shape index (κ2) is 6.70. The van der Waals surface area contributed by atoms with E-state index in [2.05, 4.69) is 21.2 Å². The lowest BCUT2D eigenvalue weighted by atomic mass is 10.2. The molecule has 0 spiro atoms. The lowest BCUT2D eigenvalue weighted by Gasteiger charge is -2.10. The number of hydrogen-bond acceptors (Lipinski definition) is 2. The fourth-order valence-electron chi connectivity index (χ4n) is 1.91. The minimum atomic E-state index is -0.278. The van der Waals surface area contributed by atoms with Crippen molar-refractivity contribution in [1.82, 2.24) is 4.57 Å². The molecular weight excluding hydrogens is 323 g/mol. The SMILES string of the molecule is CCCn1cc(NCc2ccc(Br)c(F)c2)ccc1=O. The first-order valence-electron chi connectivity index (χ1n) is 6.48. The van der Waals surface area contributed by atoms with Gasteiger partial charge in [-0.25, -0.2) is 4.39 Å². The molecule has 0 fully saturated rings. The molecule has 0 saturated carbocycles. The predicted octanol–water partition coefficient (Wildman–Crippen LogP) is 3.77. The number of pyridine rings is 1. The maximum absolute atomic E-state index is 13.4. The number of nitrogens with one attached hydrogen (secondary N) is 1. The molecule has 5 heteroatoms. The number of halogens is 2. The monoisotopic (exact) mass is 338 g/mol. The Morgan fingerprint density at radius 1 is 1.30 bits per heavy atom. The molecular formula is C15H16BrFN2O. The molecule has 2 rings (SSSR count). The fourth-order valence-corrected chi connectivity index (χ4v) is 2.15. The number of aryl methyl sites for hydroxylation is 1. The third kappa shape index (κ3) is 3.70. The van der Waals surface area contributed by atoms with Crippen LogP contribution in [-0.4, -0.2) is 4.57 Å². The summed E-state index contributed by atoms with van der Waals surface area (Å²) in [7, 11) is 0. The van der Waals surface area contributed by atoms with Crippen molar-refractivity contribution >= 4 is 21.6 Å². The topological polar surface area (TPSA) is 34.0 Å². The highest BCUT2D eigenvalue weighted by Crippen LogP contribution is 2.17. The van der Waals surface area contributed by atoms with E-state index < -0.39 is 0 Å². The van der Waals surface area contributed by atoms with E-state index in [1.807, 2.05) is 13.0 Å². The van der Waals surface area contributed by atoms with Gasteiger partial charge in [-0.3, -0.25) is 4.79 Å². The third-order valence-electron chi connectivity index (χ3n) is 2.93. The van der Waals surface area contributed by atoms with E-state index in [1.165, 1.54) is 6.07 Å². The van der Waals surface area contributed by atoms with Crippen molar-refractivity contribution in [2.24, 2.45) is 0 Å². The molecule has 0 aliphatic heterocycles. The number of anilines is 1. The summed E-state index contributed by atoms with van der Waals surface area (Å²) in [5, 5.41) is 3.19. The number of aromatic nitrogens is 1. The molecule has 20 heavy (non-hydrogen) atoms. The average Bonchev–Trinajstić information content (AvgIpc) is 2.43. The van der Waals surface area contributed by atoms with Gasteiger partial charge >= 0.3 is 0 Å². The Labute approximate surface area is 125 Å². The molecule has 1 aromatic heterocycles. The molecule has 0 bridgehead atoms.